The quantitative estimate of drug-likeness (QED) is 0.878. The topological polar surface area (TPSA) is 21.3 Å². The summed E-state index contributed by atoms with van der Waals surface area (Å²) in [5.74, 6) is 1.11. The molecular weight excluding hydrogens is 234 g/mol. The first-order valence-electron chi connectivity index (χ1n) is 7.32. The van der Waals surface area contributed by atoms with E-state index in [1.807, 2.05) is 0 Å². The van der Waals surface area contributed by atoms with Crippen molar-refractivity contribution < 1.29 is 4.74 Å². The van der Waals surface area contributed by atoms with Crippen LogP contribution in [0.4, 0.5) is 0 Å². The zero-order chi connectivity index (χ0) is 12.7. The fourth-order valence-corrected chi connectivity index (χ4v) is 3.02. The van der Waals surface area contributed by atoms with E-state index < -0.39 is 0 Å². The van der Waals surface area contributed by atoms with Gasteiger partial charge < -0.3 is 10.1 Å². The molecule has 2 aliphatic rings. The van der Waals surface area contributed by atoms with Gasteiger partial charge in [0.05, 0.1) is 6.61 Å². The Hall–Kier alpha value is -1.54. The van der Waals surface area contributed by atoms with Crippen LogP contribution in [0.1, 0.15) is 37.3 Å². The highest BCUT2D eigenvalue weighted by Gasteiger charge is 2.28. The predicted octanol–water partition coefficient (Wildman–Crippen LogP) is 3.81. The highest BCUT2D eigenvalue weighted by Crippen LogP contribution is 2.38. The molecule has 19 heavy (non-hydrogen) atoms. The molecule has 0 saturated heterocycles. The molecule has 0 bridgehead atoms. The van der Waals surface area contributed by atoms with E-state index in [0.29, 0.717) is 6.04 Å². The Balaban J connectivity index is 1.82. The average molecular weight is 253 g/mol. The molecule has 1 fully saturated rings. The molecule has 1 unspecified atom stereocenters. The van der Waals surface area contributed by atoms with Crippen molar-refractivity contribution in [2.45, 2.75) is 37.8 Å². The van der Waals surface area contributed by atoms with Crippen LogP contribution in [0.2, 0.25) is 0 Å². The van der Waals surface area contributed by atoms with Crippen LogP contribution in [0.15, 0.2) is 36.4 Å². The molecule has 0 amide bonds. The largest absolute Gasteiger partial charge is 0.493 e. The second-order valence-corrected chi connectivity index (χ2v) is 5.69. The Kier molecular flexibility index (Phi) is 2.70. The molecule has 1 atom stereocenters. The Morgan fingerprint density at radius 1 is 1.00 bits per heavy atom. The monoisotopic (exact) mass is 253 g/mol. The summed E-state index contributed by atoms with van der Waals surface area (Å²) in [4.78, 5) is 0. The molecular formula is C17H19NO. The van der Waals surface area contributed by atoms with E-state index in [-0.39, 0.29) is 0 Å². The average Bonchev–Trinajstić information content (AvgIpc) is 3.27. The third-order valence-corrected chi connectivity index (χ3v) is 4.18. The van der Waals surface area contributed by atoms with Crippen molar-refractivity contribution in [3.8, 4) is 5.75 Å². The third kappa shape index (κ3) is 2.10. The maximum Gasteiger partial charge on any atom is 0.131 e. The zero-order valence-electron chi connectivity index (χ0n) is 11.1. The van der Waals surface area contributed by atoms with Gasteiger partial charge in [0.25, 0.3) is 0 Å². The van der Waals surface area contributed by atoms with E-state index in [0.717, 1.165) is 24.8 Å². The first kappa shape index (κ1) is 11.3. The number of ether oxygens (including phenoxy) is 1. The standard InChI is InChI=1S/C17H19NO/c1-2-5-14-12(4-1)7-10-15-16(18-13-8-9-13)6-3-11-19-17(14)15/h1-2,4-5,7,10,13,16,18H,3,6,8-9,11H2. The Labute approximate surface area is 113 Å². The summed E-state index contributed by atoms with van der Waals surface area (Å²) in [6.07, 6.45) is 4.98. The van der Waals surface area contributed by atoms with Crippen LogP contribution in [0, 0.1) is 0 Å². The molecule has 1 N–H and O–H groups in total. The van der Waals surface area contributed by atoms with Crippen LogP contribution >= 0.6 is 0 Å². The maximum absolute atomic E-state index is 6.05. The lowest BCUT2D eigenvalue weighted by Crippen LogP contribution is -2.23. The van der Waals surface area contributed by atoms with Gasteiger partial charge in [-0.05, 0) is 31.1 Å². The molecule has 98 valence electrons. The summed E-state index contributed by atoms with van der Waals surface area (Å²) in [6, 6.07) is 14.2. The third-order valence-electron chi connectivity index (χ3n) is 4.18. The van der Waals surface area contributed by atoms with Crippen molar-refractivity contribution in [2.24, 2.45) is 0 Å². The fourth-order valence-electron chi connectivity index (χ4n) is 3.02. The summed E-state index contributed by atoms with van der Waals surface area (Å²) >= 11 is 0. The molecule has 1 aliphatic carbocycles. The van der Waals surface area contributed by atoms with Crippen molar-refractivity contribution in [3.63, 3.8) is 0 Å². The van der Waals surface area contributed by atoms with Gasteiger partial charge in [-0.15, -0.1) is 0 Å². The van der Waals surface area contributed by atoms with Gasteiger partial charge in [-0.1, -0.05) is 36.4 Å². The molecule has 0 radical (unpaired) electrons. The normalized spacial score (nSPS) is 22.6. The highest BCUT2D eigenvalue weighted by atomic mass is 16.5. The lowest BCUT2D eigenvalue weighted by Gasteiger charge is -2.19. The van der Waals surface area contributed by atoms with E-state index in [2.05, 4.69) is 41.7 Å². The minimum atomic E-state index is 0.467. The summed E-state index contributed by atoms with van der Waals surface area (Å²) in [5.41, 5.74) is 1.35. The fraction of sp³-hybridized carbons (Fsp3) is 0.412. The number of nitrogens with one attached hydrogen (secondary N) is 1. The van der Waals surface area contributed by atoms with Gasteiger partial charge in [-0.25, -0.2) is 0 Å². The first-order valence-corrected chi connectivity index (χ1v) is 7.32. The molecule has 1 saturated carbocycles. The lowest BCUT2D eigenvalue weighted by molar-refractivity contribution is 0.318. The van der Waals surface area contributed by atoms with Gasteiger partial charge in [0.15, 0.2) is 0 Å². The second-order valence-electron chi connectivity index (χ2n) is 5.69. The number of rotatable bonds is 2. The van der Waals surface area contributed by atoms with Crippen molar-refractivity contribution in [2.75, 3.05) is 6.61 Å². The molecule has 0 spiro atoms. The molecule has 2 heteroatoms. The van der Waals surface area contributed by atoms with Gasteiger partial charge in [0.1, 0.15) is 5.75 Å². The van der Waals surface area contributed by atoms with E-state index in [1.54, 1.807) is 0 Å². The van der Waals surface area contributed by atoms with Crippen molar-refractivity contribution in [1.82, 2.24) is 5.32 Å². The van der Waals surface area contributed by atoms with Crippen LogP contribution in [-0.4, -0.2) is 12.6 Å². The van der Waals surface area contributed by atoms with Crippen LogP contribution in [-0.2, 0) is 0 Å². The minimum Gasteiger partial charge on any atom is -0.493 e. The minimum absolute atomic E-state index is 0.467. The number of benzene rings is 2. The molecule has 1 aliphatic heterocycles. The zero-order valence-corrected chi connectivity index (χ0v) is 11.1. The van der Waals surface area contributed by atoms with Crippen molar-refractivity contribution >= 4 is 10.8 Å². The summed E-state index contributed by atoms with van der Waals surface area (Å²) in [6.45, 7) is 0.837. The van der Waals surface area contributed by atoms with Crippen LogP contribution < -0.4 is 10.1 Å². The SMILES string of the molecule is c1ccc2c3c(ccc2c1)C(NC1CC1)CCCO3. The number of fused-ring (bicyclic) bond motifs is 3. The lowest BCUT2D eigenvalue weighted by atomic mass is 9.98. The summed E-state index contributed by atoms with van der Waals surface area (Å²) < 4.78 is 6.05. The molecule has 2 nitrogen and oxygen atoms in total. The van der Waals surface area contributed by atoms with Crippen LogP contribution in [0.5, 0.6) is 5.75 Å². The highest BCUT2D eigenvalue weighted by molar-refractivity contribution is 5.89. The molecule has 2 aromatic carbocycles. The Morgan fingerprint density at radius 3 is 2.79 bits per heavy atom. The molecule has 2 aromatic rings. The van der Waals surface area contributed by atoms with E-state index >= 15 is 0 Å². The van der Waals surface area contributed by atoms with Crippen molar-refractivity contribution in [1.29, 1.82) is 0 Å². The van der Waals surface area contributed by atoms with Gasteiger partial charge in [0, 0.05) is 23.0 Å². The van der Waals surface area contributed by atoms with E-state index in [9.17, 15) is 0 Å². The molecule has 4 rings (SSSR count). The Bertz CT molecular complexity index is 603. The predicted molar refractivity (Wildman–Crippen MR) is 77.6 cm³/mol. The molecule has 1 heterocycles. The van der Waals surface area contributed by atoms with Crippen LogP contribution in [0.25, 0.3) is 10.8 Å². The molecule has 0 aromatic heterocycles. The van der Waals surface area contributed by atoms with Crippen LogP contribution in [0.3, 0.4) is 0 Å². The van der Waals surface area contributed by atoms with E-state index in [1.165, 1.54) is 35.6 Å². The summed E-state index contributed by atoms with van der Waals surface area (Å²) in [7, 11) is 0. The van der Waals surface area contributed by atoms with E-state index in [4.69, 9.17) is 4.74 Å². The number of hydrogen-bond donors (Lipinski definition) is 1. The van der Waals surface area contributed by atoms with Gasteiger partial charge in [-0.2, -0.15) is 0 Å². The number of hydrogen-bond acceptors (Lipinski definition) is 2. The van der Waals surface area contributed by atoms with Gasteiger partial charge in [0.2, 0.25) is 0 Å². The Morgan fingerprint density at radius 2 is 1.89 bits per heavy atom. The second kappa shape index (κ2) is 4.53. The first-order chi connectivity index (χ1) is 9.42. The smallest absolute Gasteiger partial charge is 0.131 e. The van der Waals surface area contributed by atoms with Crippen molar-refractivity contribution in [3.05, 3.63) is 42.0 Å². The summed E-state index contributed by atoms with van der Waals surface area (Å²) in [5, 5.41) is 6.30. The maximum atomic E-state index is 6.05. The van der Waals surface area contributed by atoms with Gasteiger partial charge >= 0.3 is 0 Å². The van der Waals surface area contributed by atoms with Gasteiger partial charge in [-0.3, -0.25) is 0 Å².